The molecule has 3 aromatic carbocycles. The first-order chi connectivity index (χ1) is 64.7. The van der Waals surface area contributed by atoms with Gasteiger partial charge in [0, 0.05) is 68.2 Å². The summed E-state index contributed by atoms with van der Waals surface area (Å²) in [5.74, 6) is -4.98. The third kappa shape index (κ3) is 44.1. The number of halogens is 2. The number of aliphatic carboxylic acids is 2. The first-order valence-electron chi connectivity index (χ1n) is 46.4. The predicted octanol–water partition coefficient (Wildman–Crippen LogP) is 12.8. The number of nitrogens with zero attached hydrogens (tertiary/aromatic N) is 9. The zero-order valence-corrected chi connectivity index (χ0v) is 85.8. The van der Waals surface area contributed by atoms with Gasteiger partial charge in [0.1, 0.15) is 81.5 Å². The van der Waals surface area contributed by atoms with Crippen molar-refractivity contribution in [1.82, 2.24) is 29.4 Å². The maximum absolute atomic E-state index is 13.1. The Morgan fingerprint density at radius 2 is 0.700 bits per heavy atom. The number of aliphatic hydroxyl groups is 2. The molecule has 9 rings (SSSR count). The molecule has 6 amide bonds. The minimum Gasteiger partial charge on any atom is -0.481 e. The van der Waals surface area contributed by atoms with E-state index in [-0.39, 0.29) is 126 Å². The number of benzene rings is 3. The van der Waals surface area contributed by atoms with E-state index in [0.29, 0.717) is 32.4 Å². The summed E-state index contributed by atoms with van der Waals surface area (Å²) in [6.07, 6.45) is -2.52. The first kappa shape index (κ1) is 123. The molecule has 6 aliphatic rings. The Labute approximate surface area is 818 Å². The number of β-amino-alcohol motifs (C(OH)–C–C–N with tert-alkyl or cyclic N) is 2. The molecular formula is C95H147F2N11O31S. The molecule has 6 saturated heterocycles. The van der Waals surface area contributed by atoms with Crippen molar-refractivity contribution in [3.05, 3.63) is 112 Å². The van der Waals surface area contributed by atoms with Crippen LogP contribution in [-0.4, -0.2) is 315 Å². The van der Waals surface area contributed by atoms with E-state index in [0.717, 1.165) is 34.4 Å². The van der Waals surface area contributed by atoms with Crippen molar-refractivity contribution < 1.29 is 156 Å². The molecule has 6 heterocycles. The van der Waals surface area contributed by atoms with Gasteiger partial charge in [0.25, 0.3) is 10.1 Å². The second-order valence-electron chi connectivity index (χ2n) is 39.4. The van der Waals surface area contributed by atoms with E-state index in [1.54, 1.807) is 196 Å². The van der Waals surface area contributed by atoms with Gasteiger partial charge in [-0.15, -0.1) is 0 Å². The van der Waals surface area contributed by atoms with Crippen LogP contribution in [0.5, 0.6) is 0 Å². The summed E-state index contributed by atoms with van der Waals surface area (Å²) in [7, 11) is -4.04. The van der Waals surface area contributed by atoms with Gasteiger partial charge in [0.15, 0.2) is 0 Å². The summed E-state index contributed by atoms with van der Waals surface area (Å²) in [4.78, 5) is 163. The van der Waals surface area contributed by atoms with Crippen molar-refractivity contribution in [2.24, 2.45) is 16.6 Å². The van der Waals surface area contributed by atoms with Crippen molar-refractivity contribution in [2.45, 2.75) is 347 Å². The Morgan fingerprint density at radius 1 is 0.414 bits per heavy atom. The van der Waals surface area contributed by atoms with Gasteiger partial charge in [-0.2, -0.15) is 8.42 Å². The van der Waals surface area contributed by atoms with Crippen LogP contribution in [0.3, 0.4) is 0 Å². The molecule has 3 aromatic rings. The van der Waals surface area contributed by atoms with Crippen LogP contribution >= 0.6 is 0 Å². The van der Waals surface area contributed by atoms with E-state index in [1.165, 1.54) is 60.9 Å². The number of azide groups is 1. The Morgan fingerprint density at radius 3 is 1.01 bits per heavy atom. The third-order valence-corrected chi connectivity index (χ3v) is 21.5. The molecule has 0 spiro atoms. The van der Waals surface area contributed by atoms with Gasteiger partial charge in [-0.3, -0.25) is 38.4 Å². The van der Waals surface area contributed by atoms with Gasteiger partial charge >= 0.3 is 78.3 Å². The van der Waals surface area contributed by atoms with Crippen molar-refractivity contribution in [3.63, 3.8) is 0 Å². The van der Waals surface area contributed by atoms with Gasteiger partial charge in [0.05, 0.1) is 81.9 Å². The van der Waals surface area contributed by atoms with E-state index in [2.05, 4.69) is 10.0 Å². The molecule has 788 valence electrons. The number of ether oxygens (including phenoxy) is 11. The number of esters is 5. The molecule has 0 bridgehead atoms. The Bertz CT molecular complexity index is 4530. The third-order valence-electron chi connectivity index (χ3n) is 20.1. The highest BCUT2D eigenvalue weighted by Crippen LogP contribution is 2.34. The van der Waals surface area contributed by atoms with Crippen LogP contribution in [0.2, 0.25) is 0 Å². The summed E-state index contributed by atoms with van der Waals surface area (Å²) in [5.41, 5.74) is 19.0. The normalized spacial score (nSPS) is 21.1. The number of unbranched alkanes of at least 4 members (excludes halogenated alkanes) is 1. The molecule has 6 aliphatic heterocycles. The van der Waals surface area contributed by atoms with Gasteiger partial charge in [-0.05, 0) is 251 Å². The molecule has 140 heavy (non-hydrogen) atoms. The summed E-state index contributed by atoms with van der Waals surface area (Å²) in [5, 5.41) is 40.1. The number of carboxylic acid groups (broad SMARTS) is 2. The van der Waals surface area contributed by atoms with Crippen molar-refractivity contribution in [2.75, 3.05) is 72.3 Å². The predicted molar refractivity (Wildman–Crippen MR) is 504 cm³/mol. The number of amides is 6. The minimum atomic E-state index is -4.04. The largest absolute Gasteiger partial charge is 0.481 e. The van der Waals surface area contributed by atoms with E-state index in [1.807, 2.05) is 6.92 Å². The number of hydrogen-bond donors (Lipinski definition) is 6. The van der Waals surface area contributed by atoms with Gasteiger partial charge < -0.3 is 84.0 Å². The molecule has 8 N–H and O–H groups in total. The second kappa shape index (κ2) is 55.6. The maximum atomic E-state index is 13.1. The SMILES string of the molecule is CC(C)(C)OC(=O)N1C[C@H](O)C[C@H]1C(=O)O.CCOC(=O)[C@@H]1C[C@@H](O)CN1C(=O)OC(C)(C)C.CCOC(=O)[C@@H]1C[C@@H](OS(=O)(=O)c2ccc(C)cc2)CN1C(=O)OC(C)(C)C.CCOC(=O)[C@@H]1C[C@H](N)CN1C(=O)OC(C)(C)C.CCOC(=O)[C@@H]1C[C@H](N)CN1C(=O)OC(C)(C)C.CCOC(=O)[C@@H]1C[C@H](N=[N+]=[N-])CN1C(=O)OC(C)(C)C.O=C(O)CCCCC(c1ccc(F)cc1)c1ccc(F)cc1. The number of likely N-dealkylation sites (tertiary alicyclic amines) is 6. The second-order valence-corrected chi connectivity index (χ2v) is 40.9. The zero-order chi connectivity index (χ0) is 107. The molecule has 42 nitrogen and oxygen atoms in total. The molecule has 12 atom stereocenters. The van der Waals surface area contributed by atoms with Crippen molar-refractivity contribution in [1.29, 1.82) is 0 Å². The lowest BCUT2D eigenvalue weighted by Crippen LogP contribution is -2.44. The molecule has 45 heteroatoms. The summed E-state index contributed by atoms with van der Waals surface area (Å²) in [6.45, 7) is 43.7. The number of carbonyl (C=O) groups is 13. The lowest BCUT2D eigenvalue weighted by molar-refractivity contribution is -0.149. The van der Waals surface area contributed by atoms with Gasteiger partial charge in [-0.25, -0.2) is 66.3 Å². The maximum Gasteiger partial charge on any atom is 0.411 e. The number of carbonyl (C=O) groups excluding carboxylic acids is 11. The highest BCUT2D eigenvalue weighted by atomic mass is 32.2. The van der Waals surface area contributed by atoms with Crippen LogP contribution in [0.4, 0.5) is 37.5 Å². The number of carboxylic acids is 2. The molecule has 6 fully saturated rings. The van der Waals surface area contributed by atoms with Crippen LogP contribution in [-0.2, 0) is 100.0 Å². The molecule has 0 saturated carbocycles. The minimum absolute atomic E-state index is 0.00314. The summed E-state index contributed by atoms with van der Waals surface area (Å²) in [6, 6.07) is 13.1. The molecule has 0 aromatic heterocycles. The Hall–Kier alpha value is -11.5. The molecule has 0 aliphatic carbocycles. The standard InChI is InChI=1S/C19H27NO7S.C18H18F2O2.C12H20N4O4.2C12H22N2O4.C12H21NO5.C10H17NO5/c1-6-25-17(21)16-11-14(12-20(16)18(22)26-19(3,4)5)27-28(23,24)15-9-7-13(2)8-10-15;19-15-9-5-13(6-10-15)17(3-1-2-4-18(21)22)14-7-11-16(20)12-8-14;1-5-19-10(17)9-6-8(14-15-13)7-16(9)11(18)20-12(2,3)4;2*1-5-17-10(15)9-6-8(13)7-14(9)11(16)18-12(2,3)4;1-5-17-10(15)9-6-8(14)7-13(9)11(16)18-12(2,3)4;1-10(2,3)16-9(15)11-5-6(12)4-7(11)8(13)14/h7-10,14,16H,6,11-12H2,1-5H3;5-12,17H,1-4H2,(H,21,22);8-9H,5-7H2,1-4H3;2*8-9H,5-7,13H2,1-4H3;8-9,14H,5-7H2,1-4H3;6-7,12H,4-5H2,1-3H3,(H,13,14)/t14-,16+;;3*8-,9-;8-,9+;6-,7+/m1.00011/s1. The topological polar surface area (TPSA) is 568 Å². The van der Waals surface area contributed by atoms with Gasteiger partial charge in [0.2, 0.25) is 0 Å². The summed E-state index contributed by atoms with van der Waals surface area (Å²) >= 11 is 0. The Kier molecular flexibility index (Phi) is 48.7. The fourth-order valence-electron chi connectivity index (χ4n) is 14.4. The highest BCUT2D eigenvalue weighted by Gasteiger charge is 2.49. The molecular weight excluding hydrogens is 1860 g/mol. The van der Waals surface area contributed by atoms with E-state index < -0.39 is 183 Å². The number of aryl methyl sites for hydroxylation is 1. The fourth-order valence-corrected chi connectivity index (χ4v) is 15.4. The fraction of sp³-hybridized carbons (Fsp3) is 0.674. The Balaban J connectivity index is 0.000000423. The van der Waals surface area contributed by atoms with E-state index >= 15 is 0 Å². The zero-order valence-electron chi connectivity index (χ0n) is 84.9. The average molecular weight is 2010 g/mol. The van der Waals surface area contributed by atoms with Crippen LogP contribution in [0, 0.1) is 18.6 Å². The number of hydrogen-bond acceptors (Lipinski definition) is 32. The van der Waals surface area contributed by atoms with Gasteiger partial charge in [-0.1, -0.05) is 53.5 Å². The first-order valence-corrected chi connectivity index (χ1v) is 47.8. The molecule has 0 unspecified atom stereocenters. The quantitative estimate of drug-likeness (QED) is 0.0103. The lowest BCUT2D eigenvalue weighted by atomic mass is 9.87. The summed E-state index contributed by atoms with van der Waals surface area (Å²) < 4.78 is 113. The number of rotatable bonds is 22. The lowest BCUT2D eigenvalue weighted by Gasteiger charge is -2.27. The molecule has 0 radical (unpaired) electrons. The van der Waals surface area contributed by atoms with Crippen LogP contribution in [0.25, 0.3) is 10.4 Å². The number of nitrogens with two attached hydrogens (primary N) is 2. The monoisotopic (exact) mass is 2010 g/mol. The van der Waals surface area contributed by atoms with Crippen LogP contribution in [0.1, 0.15) is 246 Å². The van der Waals surface area contributed by atoms with E-state index in [4.69, 9.17) is 83.5 Å². The highest BCUT2D eigenvalue weighted by molar-refractivity contribution is 7.86. The van der Waals surface area contributed by atoms with Crippen LogP contribution < -0.4 is 11.5 Å². The number of aliphatic hydroxyl groups excluding tert-OH is 2. The van der Waals surface area contributed by atoms with E-state index in [9.17, 15) is 89.7 Å². The van der Waals surface area contributed by atoms with Crippen LogP contribution in [0.15, 0.2) is 82.8 Å². The average Bonchev–Trinajstić information content (AvgIpc) is 1.65. The van der Waals surface area contributed by atoms with Crippen molar-refractivity contribution in [3.8, 4) is 0 Å². The van der Waals surface area contributed by atoms with Crippen molar-refractivity contribution >= 4 is 88.5 Å². The smallest absolute Gasteiger partial charge is 0.411 e.